The van der Waals surface area contributed by atoms with Gasteiger partial charge in [0, 0.05) is 12.4 Å². The SMILES string of the molecule is C#CCNC(=O)N(C(=N)N)c1ccncc1. The van der Waals surface area contributed by atoms with Gasteiger partial charge in [0.2, 0.25) is 5.96 Å². The Bertz CT molecular complexity index is 423. The van der Waals surface area contributed by atoms with E-state index in [0.29, 0.717) is 5.69 Å². The average Bonchev–Trinajstić information content (AvgIpc) is 2.27. The smallest absolute Gasteiger partial charge is 0.329 e. The van der Waals surface area contributed by atoms with Crippen LogP contribution in [0.3, 0.4) is 0 Å². The summed E-state index contributed by atoms with van der Waals surface area (Å²) in [5.74, 6) is 1.87. The number of hydrogen-bond acceptors (Lipinski definition) is 3. The summed E-state index contributed by atoms with van der Waals surface area (Å²) >= 11 is 0. The maximum Gasteiger partial charge on any atom is 0.329 e. The molecular weight excluding hydrogens is 206 g/mol. The van der Waals surface area contributed by atoms with E-state index in [1.54, 1.807) is 12.1 Å². The van der Waals surface area contributed by atoms with Crippen molar-refractivity contribution in [3.8, 4) is 12.3 Å². The van der Waals surface area contributed by atoms with E-state index in [4.69, 9.17) is 17.6 Å². The molecule has 6 heteroatoms. The number of nitrogens with one attached hydrogen (secondary N) is 2. The predicted octanol–water partition coefficient (Wildman–Crippen LogP) is 0.124. The van der Waals surface area contributed by atoms with Crippen LogP contribution in [-0.2, 0) is 0 Å². The van der Waals surface area contributed by atoms with Crippen LogP contribution in [0.2, 0.25) is 0 Å². The average molecular weight is 217 g/mol. The Morgan fingerprint density at radius 3 is 2.75 bits per heavy atom. The third kappa shape index (κ3) is 2.72. The summed E-state index contributed by atoms with van der Waals surface area (Å²) in [6, 6.07) is 2.59. The van der Waals surface area contributed by atoms with Crippen LogP contribution in [0.5, 0.6) is 0 Å². The molecule has 0 spiro atoms. The lowest BCUT2D eigenvalue weighted by Gasteiger charge is -2.20. The number of nitrogens with two attached hydrogens (primary N) is 1. The molecule has 0 unspecified atom stereocenters. The molecular formula is C10H11N5O. The number of hydrogen-bond donors (Lipinski definition) is 3. The number of carbonyl (C=O) groups is 1. The molecule has 0 aliphatic heterocycles. The Morgan fingerprint density at radius 2 is 2.25 bits per heavy atom. The second-order valence-corrected chi connectivity index (χ2v) is 2.79. The summed E-state index contributed by atoms with van der Waals surface area (Å²) in [5, 5.41) is 9.75. The minimum absolute atomic E-state index is 0.0771. The number of pyridine rings is 1. The van der Waals surface area contributed by atoms with Gasteiger partial charge in [-0.3, -0.25) is 10.4 Å². The van der Waals surface area contributed by atoms with Crippen LogP contribution in [0.15, 0.2) is 24.5 Å². The summed E-state index contributed by atoms with van der Waals surface area (Å²) in [4.78, 5) is 16.4. The lowest BCUT2D eigenvalue weighted by atomic mass is 10.4. The molecule has 1 heterocycles. The van der Waals surface area contributed by atoms with Crippen molar-refractivity contribution in [2.75, 3.05) is 11.4 Å². The minimum atomic E-state index is -0.545. The van der Waals surface area contributed by atoms with Crippen molar-refractivity contribution in [3.63, 3.8) is 0 Å². The molecule has 16 heavy (non-hydrogen) atoms. The normalized spacial score (nSPS) is 8.94. The van der Waals surface area contributed by atoms with E-state index in [0.717, 1.165) is 4.90 Å². The number of amides is 2. The van der Waals surface area contributed by atoms with E-state index >= 15 is 0 Å². The van der Waals surface area contributed by atoms with Crippen LogP contribution >= 0.6 is 0 Å². The summed E-state index contributed by atoms with van der Waals surface area (Å²) in [7, 11) is 0. The number of urea groups is 1. The van der Waals surface area contributed by atoms with Crippen LogP contribution in [0.25, 0.3) is 0 Å². The zero-order valence-corrected chi connectivity index (χ0v) is 8.47. The number of rotatable bonds is 2. The van der Waals surface area contributed by atoms with Crippen molar-refractivity contribution < 1.29 is 4.79 Å². The third-order valence-electron chi connectivity index (χ3n) is 1.71. The zero-order chi connectivity index (χ0) is 12.0. The molecule has 0 aliphatic carbocycles. The second-order valence-electron chi connectivity index (χ2n) is 2.79. The number of aromatic nitrogens is 1. The molecule has 6 nitrogen and oxygen atoms in total. The van der Waals surface area contributed by atoms with E-state index < -0.39 is 6.03 Å². The summed E-state index contributed by atoms with van der Waals surface area (Å²) in [6.07, 6.45) is 8.01. The summed E-state index contributed by atoms with van der Waals surface area (Å²) < 4.78 is 0. The predicted molar refractivity (Wildman–Crippen MR) is 60.9 cm³/mol. The highest BCUT2D eigenvalue weighted by molar-refractivity contribution is 6.13. The van der Waals surface area contributed by atoms with Gasteiger partial charge in [-0.15, -0.1) is 6.42 Å². The van der Waals surface area contributed by atoms with Gasteiger partial charge in [-0.05, 0) is 12.1 Å². The standard InChI is InChI=1S/C10H11N5O/c1-2-5-14-10(16)15(9(11)12)8-3-6-13-7-4-8/h1,3-4,6-7H,5H2,(H3,11,12)(H,14,16). The maximum absolute atomic E-state index is 11.6. The van der Waals surface area contributed by atoms with Crippen molar-refractivity contribution in [1.29, 1.82) is 5.41 Å². The molecule has 0 aromatic carbocycles. The van der Waals surface area contributed by atoms with E-state index in [2.05, 4.69) is 16.2 Å². The molecule has 82 valence electrons. The van der Waals surface area contributed by atoms with Crippen molar-refractivity contribution in [1.82, 2.24) is 10.3 Å². The molecule has 0 saturated carbocycles. The van der Waals surface area contributed by atoms with Gasteiger partial charge in [0.05, 0.1) is 12.2 Å². The molecule has 0 atom stereocenters. The lowest BCUT2D eigenvalue weighted by molar-refractivity contribution is 0.250. The molecule has 0 fully saturated rings. The number of anilines is 1. The Balaban J connectivity index is 2.89. The Morgan fingerprint density at radius 1 is 1.62 bits per heavy atom. The first-order valence-electron chi connectivity index (χ1n) is 4.42. The van der Waals surface area contributed by atoms with Gasteiger partial charge in [-0.1, -0.05) is 5.92 Å². The van der Waals surface area contributed by atoms with Gasteiger partial charge in [0.1, 0.15) is 0 Å². The van der Waals surface area contributed by atoms with Gasteiger partial charge in [-0.25, -0.2) is 9.69 Å². The highest BCUT2D eigenvalue weighted by atomic mass is 16.2. The summed E-state index contributed by atoms with van der Waals surface area (Å²) in [6.45, 7) is 0.0771. The zero-order valence-electron chi connectivity index (χ0n) is 8.47. The lowest BCUT2D eigenvalue weighted by Crippen LogP contribution is -2.47. The summed E-state index contributed by atoms with van der Waals surface area (Å²) in [5.41, 5.74) is 5.77. The molecule has 1 aromatic heterocycles. The quantitative estimate of drug-likeness (QED) is 0.373. The molecule has 0 saturated heterocycles. The van der Waals surface area contributed by atoms with Crippen molar-refractivity contribution in [3.05, 3.63) is 24.5 Å². The molecule has 1 rings (SSSR count). The van der Waals surface area contributed by atoms with Crippen molar-refractivity contribution in [2.45, 2.75) is 0 Å². The Labute approximate surface area is 93.0 Å². The van der Waals surface area contributed by atoms with Crippen LogP contribution in [0.1, 0.15) is 0 Å². The van der Waals surface area contributed by atoms with Gasteiger partial charge >= 0.3 is 6.03 Å². The van der Waals surface area contributed by atoms with Crippen LogP contribution in [0.4, 0.5) is 10.5 Å². The number of guanidine groups is 1. The van der Waals surface area contributed by atoms with E-state index in [1.807, 2.05) is 0 Å². The fourth-order valence-electron chi connectivity index (χ4n) is 1.06. The molecule has 4 N–H and O–H groups in total. The van der Waals surface area contributed by atoms with Crippen LogP contribution in [-0.4, -0.2) is 23.5 Å². The van der Waals surface area contributed by atoms with Gasteiger partial charge in [0.25, 0.3) is 0 Å². The minimum Gasteiger partial charge on any atom is -0.369 e. The first kappa shape index (κ1) is 11.5. The molecule has 2 amide bonds. The van der Waals surface area contributed by atoms with E-state index in [9.17, 15) is 4.79 Å². The maximum atomic E-state index is 11.6. The van der Waals surface area contributed by atoms with Gasteiger partial charge in [-0.2, -0.15) is 0 Å². The second kappa shape index (κ2) is 5.36. The largest absolute Gasteiger partial charge is 0.369 e. The first-order chi connectivity index (χ1) is 7.66. The monoisotopic (exact) mass is 217 g/mol. The van der Waals surface area contributed by atoms with Gasteiger partial charge in [0.15, 0.2) is 0 Å². The highest BCUT2D eigenvalue weighted by Crippen LogP contribution is 2.11. The van der Waals surface area contributed by atoms with E-state index in [1.165, 1.54) is 12.4 Å². The first-order valence-corrected chi connectivity index (χ1v) is 4.42. The Kier molecular flexibility index (Phi) is 3.86. The molecule has 1 aromatic rings. The van der Waals surface area contributed by atoms with Crippen molar-refractivity contribution >= 4 is 17.7 Å². The number of terminal acetylenes is 1. The highest BCUT2D eigenvalue weighted by Gasteiger charge is 2.17. The molecule has 0 bridgehead atoms. The van der Waals surface area contributed by atoms with Gasteiger partial charge < -0.3 is 11.1 Å². The van der Waals surface area contributed by atoms with Crippen LogP contribution < -0.4 is 16.0 Å². The topological polar surface area (TPSA) is 95.1 Å². The van der Waals surface area contributed by atoms with Crippen molar-refractivity contribution in [2.24, 2.45) is 5.73 Å². The third-order valence-corrected chi connectivity index (χ3v) is 1.71. The fourth-order valence-corrected chi connectivity index (χ4v) is 1.06. The molecule has 0 aliphatic rings. The molecule has 0 radical (unpaired) electrons. The fraction of sp³-hybridized carbons (Fsp3) is 0.100. The van der Waals surface area contributed by atoms with Crippen LogP contribution in [0, 0.1) is 17.8 Å². The van der Waals surface area contributed by atoms with E-state index in [-0.39, 0.29) is 12.5 Å². The Hall–Kier alpha value is -2.55. The number of nitrogens with zero attached hydrogens (tertiary/aromatic N) is 2. The number of carbonyl (C=O) groups excluding carboxylic acids is 1.